The van der Waals surface area contributed by atoms with E-state index in [9.17, 15) is 22.8 Å². The number of anilines is 1. The van der Waals surface area contributed by atoms with Crippen LogP contribution in [0.25, 0.3) is 10.9 Å². The van der Waals surface area contributed by atoms with E-state index in [0.717, 1.165) is 35.0 Å². The molecule has 0 saturated carbocycles. The third-order valence-corrected chi connectivity index (χ3v) is 5.89. The van der Waals surface area contributed by atoms with Crippen LogP contribution >= 0.6 is 11.6 Å². The molecule has 0 aliphatic carbocycles. The minimum Gasteiger partial charge on any atom is -0.475 e. The number of hydrogen-bond donors (Lipinski definition) is 4. The average molecular weight is 525 g/mol. The highest BCUT2D eigenvalue weighted by Gasteiger charge is 2.38. The zero-order valence-electron chi connectivity index (χ0n) is 18.9. The van der Waals surface area contributed by atoms with Crippen LogP contribution in [-0.4, -0.2) is 52.2 Å². The third-order valence-electron chi connectivity index (χ3n) is 5.64. The Kier molecular flexibility index (Phi) is 8.59. The van der Waals surface area contributed by atoms with Crippen molar-refractivity contribution in [1.82, 2.24) is 9.88 Å². The molecule has 1 aromatic heterocycles. The highest BCUT2D eigenvalue weighted by atomic mass is 35.5. The van der Waals surface area contributed by atoms with Crippen molar-refractivity contribution in [3.8, 4) is 0 Å². The molecular formula is C24H24ClF3N4O4. The molecule has 1 atom stereocenters. The Morgan fingerprint density at radius 2 is 1.69 bits per heavy atom. The first-order valence-corrected chi connectivity index (χ1v) is 11.3. The van der Waals surface area contributed by atoms with Gasteiger partial charge in [-0.3, -0.25) is 9.59 Å². The number of amides is 1. The van der Waals surface area contributed by atoms with E-state index in [1.54, 1.807) is 24.3 Å². The number of rotatable bonds is 4. The molecule has 8 nitrogen and oxygen atoms in total. The number of benzene rings is 2. The smallest absolute Gasteiger partial charge is 0.475 e. The number of nitrogens with two attached hydrogens (primary N) is 1. The quantitative estimate of drug-likeness (QED) is 0.409. The van der Waals surface area contributed by atoms with Gasteiger partial charge in [-0.1, -0.05) is 23.7 Å². The predicted molar refractivity (Wildman–Crippen MR) is 130 cm³/mol. The van der Waals surface area contributed by atoms with Crippen LogP contribution in [0.5, 0.6) is 0 Å². The molecule has 0 bridgehead atoms. The first-order chi connectivity index (χ1) is 16.9. The molecule has 2 heterocycles. The Bertz CT molecular complexity index is 1270. The predicted octanol–water partition coefficient (Wildman–Crippen LogP) is 3.92. The Morgan fingerprint density at radius 3 is 2.28 bits per heavy atom. The summed E-state index contributed by atoms with van der Waals surface area (Å²) in [4.78, 5) is 37.7. The Hall–Kier alpha value is -3.57. The van der Waals surface area contributed by atoms with Crippen LogP contribution in [0, 0.1) is 0 Å². The summed E-state index contributed by atoms with van der Waals surface area (Å²) in [5.74, 6) is -2.81. The van der Waals surface area contributed by atoms with Crippen LogP contribution in [0.15, 0.2) is 59.4 Å². The van der Waals surface area contributed by atoms with Crippen molar-refractivity contribution in [2.24, 2.45) is 5.73 Å². The van der Waals surface area contributed by atoms with Gasteiger partial charge in [-0.25, -0.2) is 4.79 Å². The van der Waals surface area contributed by atoms with E-state index in [1.807, 2.05) is 29.2 Å². The van der Waals surface area contributed by atoms with E-state index in [2.05, 4.69) is 10.3 Å². The molecular weight excluding hydrogens is 501 g/mol. The fourth-order valence-electron chi connectivity index (χ4n) is 3.73. The fraction of sp³-hybridized carbons (Fsp3) is 0.292. The first kappa shape index (κ1) is 27.0. The Balaban J connectivity index is 0.000000454. The average Bonchev–Trinajstić information content (AvgIpc) is 2.84. The highest BCUT2D eigenvalue weighted by Crippen LogP contribution is 2.23. The summed E-state index contributed by atoms with van der Waals surface area (Å²) in [5, 5.41) is 12.3. The van der Waals surface area contributed by atoms with E-state index < -0.39 is 18.2 Å². The Labute approximate surface area is 208 Å². The molecule has 1 aliphatic heterocycles. The largest absolute Gasteiger partial charge is 0.490 e. The number of pyridine rings is 1. The number of aromatic nitrogens is 1. The number of aliphatic carboxylic acids is 1. The molecule has 3 aromatic rings. The van der Waals surface area contributed by atoms with Crippen LogP contribution in [0.1, 0.15) is 24.4 Å². The van der Waals surface area contributed by atoms with Crippen molar-refractivity contribution < 1.29 is 27.9 Å². The lowest BCUT2D eigenvalue weighted by Crippen LogP contribution is -2.45. The summed E-state index contributed by atoms with van der Waals surface area (Å²) in [6.07, 6.45) is -3.38. The molecule has 5 N–H and O–H groups in total. The van der Waals surface area contributed by atoms with Crippen molar-refractivity contribution in [1.29, 1.82) is 0 Å². The van der Waals surface area contributed by atoms with Crippen molar-refractivity contribution >= 4 is 40.1 Å². The number of carbonyl (C=O) groups excluding carboxylic acids is 1. The first-order valence-electron chi connectivity index (χ1n) is 10.9. The summed E-state index contributed by atoms with van der Waals surface area (Å²) in [6, 6.07) is 16.0. The van der Waals surface area contributed by atoms with Gasteiger partial charge in [0, 0.05) is 46.8 Å². The lowest BCUT2D eigenvalue weighted by molar-refractivity contribution is -0.192. The molecule has 0 spiro atoms. The van der Waals surface area contributed by atoms with Crippen molar-refractivity contribution in [3.63, 3.8) is 0 Å². The van der Waals surface area contributed by atoms with E-state index in [0.29, 0.717) is 18.1 Å². The maximum atomic E-state index is 12.7. The van der Waals surface area contributed by atoms with Crippen molar-refractivity contribution in [2.45, 2.75) is 31.1 Å². The summed E-state index contributed by atoms with van der Waals surface area (Å²) in [5.41, 5.74) is 8.66. The number of nitrogens with one attached hydrogen (secondary N) is 2. The second-order valence-corrected chi connectivity index (χ2v) is 8.64. The number of carbonyl (C=O) groups is 2. The van der Waals surface area contributed by atoms with Crippen LogP contribution in [0.2, 0.25) is 5.02 Å². The van der Waals surface area contributed by atoms with Crippen LogP contribution in [0.4, 0.5) is 18.9 Å². The normalized spacial score (nSPS) is 15.1. The van der Waals surface area contributed by atoms with Gasteiger partial charge in [-0.2, -0.15) is 13.2 Å². The number of halogens is 4. The van der Waals surface area contributed by atoms with E-state index >= 15 is 0 Å². The number of carboxylic acid groups (broad SMARTS) is 1. The van der Waals surface area contributed by atoms with Crippen molar-refractivity contribution in [2.75, 3.05) is 18.4 Å². The van der Waals surface area contributed by atoms with Crippen LogP contribution in [0.3, 0.4) is 0 Å². The molecule has 192 valence electrons. The number of hydrogen-bond acceptors (Lipinski definition) is 5. The van der Waals surface area contributed by atoms with Gasteiger partial charge >= 0.3 is 12.1 Å². The van der Waals surface area contributed by atoms with Gasteiger partial charge in [-0.05, 0) is 54.8 Å². The van der Waals surface area contributed by atoms with Gasteiger partial charge in [0.15, 0.2) is 0 Å². The summed E-state index contributed by atoms with van der Waals surface area (Å²) in [6.45, 7) is 1.33. The van der Waals surface area contributed by atoms with Crippen molar-refractivity contribution in [3.05, 3.63) is 75.5 Å². The maximum absolute atomic E-state index is 12.7. The highest BCUT2D eigenvalue weighted by molar-refractivity contribution is 6.30. The zero-order valence-corrected chi connectivity index (χ0v) is 19.6. The third kappa shape index (κ3) is 7.22. The Morgan fingerprint density at radius 1 is 1.08 bits per heavy atom. The topological polar surface area (TPSA) is 129 Å². The number of alkyl halides is 3. The van der Waals surface area contributed by atoms with E-state index in [-0.39, 0.29) is 17.5 Å². The van der Waals surface area contributed by atoms with E-state index in [4.69, 9.17) is 27.2 Å². The molecule has 2 aromatic carbocycles. The van der Waals surface area contributed by atoms with Crippen LogP contribution in [-0.2, 0) is 9.59 Å². The summed E-state index contributed by atoms with van der Waals surface area (Å²) >= 11 is 5.91. The van der Waals surface area contributed by atoms with Gasteiger partial charge < -0.3 is 26.0 Å². The number of nitrogens with zero attached hydrogens (tertiary/aromatic N) is 1. The minimum absolute atomic E-state index is 0.0552. The summed E-state index contributed by atoms with van der Waals surface area (Å²) in [7, 11) is 0. The second kappa shape index (κ2) is 11.4. The van der Waals surface area contributed by atoms with E-state index in [1.165, 1.54) is 6.07 Å². The number of aromatic amines is 1. The molecule has 12 heteroatoms. The number of likely N-dealkylation sites (tertiary alicyclic amines) is 1. The molecule has 4 rings (SSSR count). The molecule has 36 heavy (non-hydrogen) atoms. The zero-order chi connectivity index (χ0) is 26.5. The maximum Gasteiger partial charge on any atom is 0.490 e. The van der Waals surface area contributed by atoms with Gasteiger partial charge in [-0.15, -0.1) is 0 Å². The second-order valence-electron chi connectivity index (χ2n) is 8.20. The minimum atomic E-state index is -5.08. The fourth-order valence-corrected chi connectivity index (χ4v) is 3.86. The summed E-state index contributed by atoms with van der Waals surface area (Å²) < 4.78 is 31.7. The number of H-pyrrole nitrogens is 1. The number of fused-ring (bicyclic) bond motifs is 1. The molecule has 1 fully saturated rings. The molecule has 0 radical (unpaired) electrons. The van der Waals surface area contributed by atoms with Crippen LogP contribution < -0.4 is 16.6 Å². The number of piperidine rings is 1. The van der Waals surface area contributed by atoms with Gasteiger partial charge in [0.05, 0.1) is 0 Å². The van der Waals surface area contributed by atoms with Gasteiger partial charge in [0.2, 0.25) is 11.5 Å². The molecule has 1 saturated heterocycles. The molecule has 1 amide bonds. The molecule has 1 unspecified atom stereocenters. The standard InChI is InChI=1S/C22H23ClN4O2.C2HF3O2/c23-16-4-1-14(2-5-16)21(24)22(29)27-11-9-17(10-12-27)25-18-6-7-19-15(13-18)3-8-20(28)26-19;3-2(4,5)1(6)7/h1-8,13,17,21,25H,9-12,24H2,(H,26,28);(H,6,7). The lowest BCUT2D eigenvalue weighted by atomic mass is 10.0. The van der Waals surface area contributed by atoms with Gasteiger partial charge in [0.1, 0.15) is 6.04 Å². The lowest BCUT2D eigenvalue weighted by Gasteiger charge is -2.34. The molecule has 1 aliphatic rings. The number of carboxylic acids is 1. The SMILES string of the molecule is NC(C(=O)N1CCC(Nc2ccc3[nH]c(=O)ccc3c2)CC1)c1ccc(Cl)cc1.O=C(O)C(F)(F)F. The monoisotopic (exact) mass is 524 g/mol. The van der Waals surface area contributed by atoms with Gasteiger partial charge in [0.25, 0.3) is 0 Å².